The van der Waals surface area contributed by atoms with Gasteiger partial charge in [-0.2, -0.15) is 0 Å². The van der Waals surface area contributed by atoms with Crippen molar-refractivity contribution in [3.05, 3.63) is 46.1 Å². The molecule has 1 aromatic carbocycles. The van der Waals surface area contributed by atoms with Crippen LogP contribution in [0.3, 0.4) is 0 Å². The maximum absolute atomic E-state index is 13.1. The fourth-order valence-corrected chi connectivity index (χ4v) is 1.96. The van der Waals surface area contributed by atoms with Crippen LogP contribution in [0.5, 0.6) is 0 Å². The van der Waals surface area contributed by atoms with Crippen LogP contribution in [0.1, 0.15) is 36.7 Å². The molecule has 1 aromatic heterocycles. The van der Waals surface area contributed by atoms with E-state index in [0.29, 0.717) is 16.8 Å². The fraction of sp³-hybridized carbons (Fsp3) is 0.333. The highest BCUT2D eigenvalue weighted by Gasteiger charge is 2.12. The molecule has 0 saturated carbocycles. The molecule has 0 aliphatic carbocycles. The largest absolute Gasteiger partial charge is 0.340 e. The number of rotatable bonds is 3. The van der Waals surface area contributed by atoms with Gasteiger partial charge in [-0.1, -0.05) is 25.4 Å². The minimum absolute atomic E-state index is 0.183. The number of benzene rings is 1. The molecule has 0 atom stereocenters. The second-order valence-electron chi connectivity index (χ2n) is 5.09. The van der Waals surface area contributed by atoms with Crippen molar-refractivity contribution in [1.82, 2.24) is 9.97 Å². The van der Waals surface area contributed by atoms with Gasteiger partial charge < -0.3 is 5.32 Å². The van der Waals surface area contributed by atoms with Crippen LogP contribution in [-0.2, 0) is 0 Å². The molecule has 0 amide bonds. The Kier molecular flexibility index (Phi) is 4.23. The summed E-state index contributed by atoms with van der Waals surface area (Å²) in [6.45, 7) is 7.71. The van der Waals surface area contributed by atoms with E-state index in [1.54, 1.807) is 6.07 Å². The minimum Gasteiger partial charge on any atom is -0.340 e. The first-order valence-corrected chi connectivity index (χ1v) is 6.83. The summed E-state index contributed by atoms with van der Waals surface area (Å²) < 4.78 is 13.1. The Bertz CT molecular complexity index is 641. The lowest BCUT2D eigenvalue weighted by molar-refractivity contribution is 0.627. The molecule has 2 rings (SSSR count). The summed E-state index contributed by atoms with van der Waals surface area (Å²) in [4.78, 5) is 8.76. The van der Waals surface area contributed by atoms with Gasteiger partial charge in [0, 0.05) is 17.2 Å². The van der Waals surface area contributed by atoms with Gasteiger partial charge in [0.1, 0.15) is 22.6 Å². The molecule has 0 bridgehead atoms. The molecule has 0 radical (unpaired) electrons. The Hall–Kier alpha value is -1.68. The summed E-state index contributed by atoms with van der Waals surface area (Å²) >= 11 is 6.14. The van der Waals surface area contributed by atoms with Gasteiger partial charge in [0.2, 0.25) is 0 Å². The standard InChI is InChI=1S/C15H17ClFN3/c1-8(2)14-19-13(16)10(4)15(20-14)18-12-6-5-11(17)7-9(12)3/h5-8H,1-4H3,(H,18,19,20). The number of halogens is 2. The fourth-order valence-electron chi connectivity index (χ4n) is 1.78. The van der Waals surface area contributed by atoms with Crippen molar-refractivity contribution >= 4 is 23.1 Å². The third-order valence-electron chi connectivity index (χ3n) is 3.06. The van der Waals surface area contributed by atoms with E-state index in [2.05, 4.69) is 15.3 Å². The van der Waals surface area contributed by atoms with Crippen molar-refractivity contribution in [1.29, 1.82) is 0 Å². The molecule has 0 aliphatic rings. The van der Waals surface area contributed by atoms with Crippen LogP contribution >= 0.6 is 11.6 Å². The number of nitrogens with one attached hydrogen (secondary N) is 1. The first-order valence-electron chi connectivity index (χ1n) is 6.45. The lowest BCUT2D eigenvalue weighted by atomic mass is 10.2. The molecule has 1 N–H and O–H groups in total. The number of aromatic nitrogens is 2. The molecule has 1 heterocycles. The zero-order chi connectivity index (χ0) is 14.9. The predicted molar refractivity (Wildman–Crippen MR) is 80.3 cm³/mol. The van der Waals surface area contributed by atoms with Crippen LogP contribution in [-0.4, -0.2) is 9.97 Å². The second-order valence-corrected chi connectivity index (χ2v) is 5.44. The molecule has 0 fully saturated rings. The van der Waals surface area contributed by atoms with Crippen molar-refractivity contribution in [2.75, 3.05) is 5.32 Å². The Morgan fingerprint density at radius 3 is 2.50 bits per heavy atom. The maximum atomic E-state index is 13.1. The van der Waals surface area contributed by atoms with Gasteiger partial charge >= 0.3 is 0 Å². The lowest BCUT2D eigenvalue weighted by Crippen LogP contribution is -2.05. The highest BCUT2D eigenvalue weighted by atomic mass is 35.5. The van der Waals surface area contributed by atoms with Gasteiger partial charge in [-0.3, -0.25) is 0 Å². The summed E-state index contributed by atoms with van der Waals surface area (Å²) in [7, 11) is 0. The van der Waals surface area contributed by atoms with Crippen molar-refractivity contribution in [2.45, 2.75) is 33.6 Å². The third-order valence-corrected chi connectivity index (χ3v) is 3.43. The van der Waals surface area contributed by atoms with Crippen molar-refractivity contribution < 1.29 is 4.39 Å². The van der Waals surface area contributed by atoms with Gasteiger partial charge in [0.25, 0.3) is 0 Å². The highest BCUT2D eigenvalue weighted by Crippen LogP contribution is 2.27. The van der Waals surface area contributed by atoms with E-state index < -0.39 is 0 Å². The minimum atomic E-state index is -0.256. The van der Waals surface area contributed by atoms with Crippen molar-refractivity contribution in [2.24, 2.45) is 0 Å². The Morgan fingerprint density at radius 1 is 1.20 bits per heavy atom. The Labute approximate surface area is 123 Å². The van der Waals surface area contributed by atoms with Crippen molar-refractivity contribution in [3.63, 3.8) is 0 Å². The van der Waals surface area contributed by atoms with E-state index in [1.165, 1.54) is 12.1 Å². The Morgan fingerprint density at radius 2 is 1.90 bits per heavy atom. The second kappa shape index (κ2) is 5.75. The van der Waals surface area contributed by atoms with E-state index in [4.69, 9.17) is 11.6 Å². The lowest BCUT2D eigenvalue weighted by Gasteiger charge is -2.14. The number of hydrogen-bond donors (Lipinski definition) is 1. The number of hydrogen-bond acceptors (Lipinski definition) is 3. The SMILES string of the molecule is Cc1cc(F)ccc1Nc1nc(C(C)C)nc(Cl)c1C. The van der Waals surface area contributed by atoms with Crippen molar-refractivity contribution in [3.8, 4) is 0 Å². The predicted octanol–water partition coefficient (Wildman–Crippen LogP) is 4.75. The molecule has 2 aromatic rings. The highest BCUT2D eigenvalue weighted by molar-refractivity contribution is 6.30. The normalized spacial score (nSPS) is 10.9. The van der Waals surface area contributed by atoms with E-state index in [1.807, 2.05) is 27.7 Å². The maximum Gasteiger partial charge on any atom is 0.138 e. The molecule has 0 saturated heterocycles. The van der Waals surface area contributed by atoms with E-state index >= 15 is 0 Å². The number of anilines is 2. The quantitative estimate of drug-likeness (QED) is 0.830. The zero-order valence-corrected chi connectivity index (χ0v) is 12.7. The first-order chi connectivity index (χ1) is 9.38. The average Bonchev–Trinajstić information content (AvgIpc) is 2.37. The van der Waals surface area contributed by atoms with Crippen LogP contribution in [0.2, 0.25) is 5.15 Å². The van der Waals surface area contributed by atoms with Gasteiger partial charge in [-0.15, -0.1) is 0 Å². The summed E-state index contributed by atoms with van der Waals surface area (Å²) in [5, 5.41) is 3.64. The smallest absolute Gasteiger partial charge is 0.138 e. The van der Waals surface area contributed by atoms with Crippen LogP contribution in [0.15, 0.2) is 18.2 Å². The van der Waals surface area contributed by atoms with E-state index in [-0.39, 0.29) is 11.7 Å². The van der Waals surface area contributed by atoms with E-state index in [9.17, 15) is 4.39 Å². The Balaban J connectivity index is 2.42. The van der Waals surface area contributed by atoms with Crippen LogP contribution < -0.4 is 5.32 Å². The zero-order valence-electron chi connectivity index (χ0n) is 12.0. The molecular formula is C15H17ClFN3. The first kappa shape index (κ1) is 14.7. The summed E-state index contributed by atoms with van der Waals surface area (Å²) in [5.74, 6) is 1.27. The van der Waals surface area contributed by atoms with Gasteiger partial charge in [0.15, 0.2) is 0 Å². The number of aryl methyl sites for hydroxylation is 1. The third kappa shape index (κ3) is 3.07. The molecule has 0 unspecified atom stereocenters. The molecule has 0 spiro atoms. The van der Waals surface area contributed by atoms with Crippen LogP contribution in [0.4, 0.5) is 15.9 Å². The molecule has 5 heteroatoms. The molecule has 0 aliphatic heterocycles. The monoisotopic (exact) mass is 293 g/mol. The molecular weight excluding hydrogens is 277 g/mol. The number of nitrogens with zero attached hydrogens (tertiary/aromatic N) is 2. The van der Waals surface area contributed by atoms with Crippen LogP contribution in [0, 0.1) is 19.7 Å². The van der Waals surface area contributed by atoms with Gasteiger partial charge in [-0.25, -0.2) is 14.4 Å². The van der Waals surface area contributed by atoms with Gasteiger partial charge in [0.05, 0.1) is 0 Å². The summed E-state index contributed by atoms with van der Waals surface area (Å²) in [6, 6.07) is 4.58. The molecule has 106 valence electrons. The molecule has 3 nitrogen and oxygen atoms in total. The summed E-state index contributed by atoms with van der Waals surface area (Å²) in [6.07, 6.45) is 0. The average molecular weight is 294 g/mol. The van der Waals surface area contributed by atoms with E-state index in [0.717, 1.165) is 16.8 Å². The topological polar surface area (TPSA) is 37.8 Å². The van der Waals surface area contributed by atoms with Gasteiger partial charge in [-0.05, 0) is 37.6 Å². The van der Waals surface area contributed by atoms with Crippen LogP contribution in [0.25, 0.3) is 0 Å². The summed E-state index contributed by atoms with van der Waals surface area (Å²) in [5.41, 5.74) is 2.39. The molecule has 20 heavy (non-hydrogen) atoms.